The van der Waals surface area contributed by atoms with Gasteiger partial charge >= 0.3 is 6.36 Å². The first-order chi connectivity index (χ1) is 13.1. The van der Waals surface area contributed by atoms with E-state index in [-0.39, 0.29) is 11.2 Å². The lowest BCUT2D eigenvalue weighted by molar-refractivity contribution is -0.274. The lowest BCUT2D eigenvalue weighted by Gasteiger charge is -2.18. The van der Waals surface area contributed by atoms with E-state index in [0.29, 0.717) is 16.9 Å². The number of thioether (sulfide) groups is 1. The van der Waals surface area contributed by atoms with Gasteiger partial charge in [-0.25, -0.2) is 0 Å². The van der Waals surface area contributed by atoms with E-state index in [1.165, 1.54) is 29.5 Å². The fourth-order valence-corrected chi connectivity index (χ4v) is 3.15. The van der Waals surface area contributed by atoms with Crippen molar-refractivity contribution in [3.8, 4) is 17.2 Å². The van der Waals surface area contributed by atoms with Gasteiger partial charge in [0.05, 0.1) is 0 Å². The summed E-state index contributed by atoms with van der Waals surface area (Å²) < 4.78 is 46.1. The van der Waals surface area contributed by atoms with Gasteiger partial charge in [-0.05, 0) is 40.8 Å². The predicted octanol–water partition coefficient (Wildman–Crippen LogP) is 6.23. The van der Waals surface area contributed by atoms with Crippen LogP contribution >= 0.6 is 11.8 Å². The zero-order valence-corrected chi connectivity index (χ0v) is 16.4. The Kier molecular flexibility index (Phi) is 5.69. The molecule has 0 aliphatic rings. The van der Waals surface area contributed by atoms with Crippen LogP contribution in [0.2, 0.25) is 0 Å². The highest BCUT2D eigenvalue weighted by molar-refractivity contribution is 7.98. The molecule has 0 saturated heterocycles. The van der Waals surface area contributed by atoms with Crippen LogP contribution in [0.25, 0.3) is 11.5 Å². The Morgan fingerprint density at radius 1 is 0.929 bits per heavy atom. The number of alkyl halides is 3. The highest BCUT2D eigenvalue weighted by atomic mass is 32.2. The molecule has 8 heteroatoms. The van der Waals surface area contributed by atoms with Crippen molar-refractivity contribution >= 4 is 11.8 Å². The molecular weight excluding hydrogens is 389 g/mol. The summed E-state index contributed by atoms with van der Waals surface area (Å²) in [6.45, 7) is 6.43. The third kappa shape index (κ3) is 5.51. The summed E-state index contributed by atoms with van der Waals surface area (Å²) >= 11 is 1.31. The van der Waals surface area contributed by atoms with Crippen LogP contribution < -0.4 is 4.74 Å². The van der Waals surface area contributed by atoms with Gasteiger partial charge in [0.1, 0.15) is 5.75 Å². The molecule has 3 aromatic rings. The third-order valence-electron chi connectivity index (χ3n) is 3.92. The van der Waals surface area contributed by atoms with Crippen LogP contribution in [0, 0.1) is 0 Å². The second-order valence-electron chi connectivity index (χ2n) is 7.18. The number of hydrogen-bond acceptors (Lipinski definition) is 5. The molecule has 0 aliphatic carbocycles. The molecule has 0 amide bonds. The highest BCUT2D eigenvalue weighted by Gasteiger charge is 2.30. The summed E-state index contributed by atoms with van der Waals surface area (Å²) in [5, 5.41) is 8.47. The Bertz CT molecular complexity index is 914. The fourth-order valence-electron chi connectivity index (χ4n) is 2.43. The van der Waals surface area contributed by atoms with Gasteiger partial charge < -0.3 is 9.15 Å². The molecule has 28 heavy (non-hydrogen) atoms. The van der Waals surface area contributed by atoms with E-state index in [4.69, 9.17) is 4.42 Å². The molecule has 1 aromatic heterocycles. The number of rotatable bonds is 5. The molecule has 3 rings (SSSR count). The zero-order valence-electron chi connectivity index (χ0n) is 15.6. The quantitative estimate of drug-likeness (QED) is 0.469. The van der Waals surface area contributed by atoms with E-state index in [2.05, 4.69) is 35.7 Å². The molecule has 0 aliphatic heterocycles. The number of benzene rings is 2. The van der Waals surface area contributed by atoms with Crippen LogP contribution in [0.1, 0.15) is 31.9 Å². The monoisotopic (exact) mass is 408 g/mol. The second kappa shape index (κ2) is 7.87. The van der Waals surface area contributed by atoms with Gasteiger partial charge in [-0.15, -0.1) is 23.4 Å². The van der Waals surface area contributed by atoms with E-state index in [0.717, 1.165) is 11.1 Å². The number of nitrogens with zero attached hydrogens (tertiary/aromatic N) is 2. The van der Waals surface area contributed by atoms with Gasteiger partial charge in [-0.3, -0.25) is 0 Å². The third-order valence-corrected chi connectivity index (χ3v) is 4.81. The minimum atomic E-state index is -4.69. The van der Waals surface area contributed by atoms with Crippen molar-refractivity contribution < 1.29 is 22.3 Å². The van der Waals surface area contributed by atoms with Gasteiger partial charge in [-0.2, -0.15) is 0 Å². The maximum absolute atomic E-state index is 12.2. The summed E-state index contributed by atoms with van der Waals surface area (Å²) in [7, 11) is 0. The molecule has 0 radical (unpaired) electrons. The molecular formula is C20H19F3N2O2S. The second-order valence-corrected chi connectivity index (χ2v) is 8.11. The van der Waals surface area contributed by atoms with Gasteiger partial charge in [0.15, 0.2) is 0 Å². The van der Waals surface area contributed by atoms with Crippen LogP contribution in [0.4, 0.5) is 13.2 Å². The fraction of sp³-hybridized carbons (Fsp3) is 0.300. The average molecular weight is 408 g/mol. The average Bonchev–Trinajstić information content (AvgIpc) is 3.08. The summed E-state index contributed by atoms with van der Waals surface area (Å²) in [6, 6.07) is 13.7. The van der Waals surface area contributed by atoms with Gasteiger partial charge in [-0.1, -0.05) is 56.8 Å². The molecule has 148 valence electrons. The normalized spacial score (nSPS) is 12.2. The van der Waals surface area contributed by atoms with E-state index in [1.54, 1.807) is 12.1 Å². The summed E-state index contributed by atoms with van der Waals surface area (Å²) in [4.78, 5) is 0. The Labute approximate surface area is 165 Å². The van der Waals surface area contributed by atoms with Crippen molar-refractivity contribution in [1.29, 1.82) is 0 Å². The van der Waals surface area contributed by atoms with Crippen molar-refractivity contribution in [1.82, 2.24) is 10.2 Å². The number of aromatic nitrogens is 2. The predicted molar refractivity (Wildman–Crippen MR) is 101 cm³/mol. The Morgan fingerprint density at radius 2 is 1.57 bits per heavy atom. The first kappa shape index (κ1) is 20.3. The Hall–Kier alpha value is -2.48. The Balaban J connectivity index is 1.60. The van der Waals surface area contributed by atoms with Gasteiger partial charge in [0, 0.05) is 11.3 Å². The maximum atomic E-state index is 12.2. The molecule has 0 spiro atoms. The number of halogens is 3. The van der Waals surface area contributed by atoms with Crippen LogP contribution in [0.15, 0.2) is 58.2 Å². The van der Waals surface area contributed by atoms with E-state index in [1.807, 2.05) is 24.3 Å². The van der Waals surface area contributed by atoms with Crippen LogP contribution in [-0.4, -0.2) is 16.6 Å². The molecule has 4 nitrogen and oxygen atoms in total. The van der Waals surface area contributed by atoms with Crippen molar-refractivity contribution in [3.05, 3.63) is 59.7 Å². The number of hydrogen-bond donors (Lipinski definition) is 0. The lowest BCUT2D eigenvalue weighted by Crippen LogP contribution is -2.16. The standard InChI is InChI=1S/C20H19F3N2O2S/c1-19(2,3)15-8-6-14(7-9-15)17-24-25-18(26-17)28-12-13-4-10-16(11-5-13)27-20(21,22)23/h4-11H,12H2,1-3H3. The van der Waals surface area contributed by atoms with Gasteiger partial charge in [0.2, 0.25) is 5.89 Å². The van der Waals surface area contributed by atoms with Gasteiger partial charge in [0.25, 0.3) is 5.22 Å². The van der Waals surface area contributed by atoms with Crippen LogP contribution in [-0.2, 0) is 11.2 Å². The highest BCUT2D eigenvalue weighted by Crippen LogP contribution is 2.29. The van der Waals surface area contributed by atoms with Crippen molar-refractivity contribution in [2.75, 3.05) is 0 Å². The Morgan fingerprint density at radius 3 is 2.14 bits per heavy atom. The molecule has 2 aromatic carbocycles. The van der Waals surface area contributed by atoms with Crippen LogP contribution in [0.5, 0.6) is 5.75 Å². The molecule has 0 atom stereocenters. The summed E-state index contributed by atoms with van der Waals surface area (Å²) in [5.74, 6) is 0.661. The number of ether oxygens (including phenoxy) is 1. The first-order valence-electron chi connectivity index (χ1n) is 8.52. The van der Waals surface area contributed by atoms with Crippen molar-refractivity contribution in [2.45, 2.75) is 43.5 Å². The summed E-state index contributed by atoms with van der Waals surface area (Å²) in [6.07, 6.45) is -4.69. The summed E-state index contributed by atoms with van der Waals surface area (Å²) in [5.41, 5.74) is 2.92. The van der Waals surface area contributed by atoms with E-state index >= 15 is 0 Å². The van der Waals surface area contributed by atoms with E-state index in [9.17, 15) is 13.2 Å². The van der Waals surface area contributed by atoms with Crippen molar-refractivity contribution in [3.63, 3.8) is 0 Å². The molecule has 0 saturated carbocycles. The van der Waals surface area contributed by atoms with E-state index < -0.39 is 6.36 Å². The molecule has 0 unspecified atom stereocenters. The minimum Gasteiger partial charge on any atom is -0.411 e. The first-order valence-corrected chi connectivity index (χ1v) is 9.51. The minimum absolute atomic E-state index is 0.0646. The largest absolute Gasteiger partial charge is 0.573 e. The van der Waals surface area contributed by atoms with Crippen LogP contribution in [0.3, 0.4) is 0 Å². The zero-order chi connectivity index (χ0) is 20.4. The SMILES string of the molecule is CC(C)(C)c1ccc(-c2nnc(SCc3ccc(OC(F)(F)F)cc3)o2)cc1. The van der Waals surface area contributed by atoms with Crippen molar-refractivity contribution in [2.24, 2.45) is 0 Å². The topological polar surface area (TPSA) is 48.2 Å². The maximum Gasteiger partial charge on any atom is 0.573 e. The molecule has 1 heterocycles. The molecule has 0 N–H and O–H groups in total. The molecule has 0 bridgehead atoms. The molecule has 0 fully saturated rings. The smallest absolute Gasteiger partial charge is 0.411 e. The lowest BCUT2D eigenvalue weighted by atomic mass is 9.87.